The van der Waals surface area contributed by atoms with E-state index < -0.39 is 0 Å². The highest BCUT2D eigenvalue weighted by Gasteiger charge is 2.41. The Morgan fingerprint density at radius 3 is 2.58 bits per heavy atom. The van der Waals surface area contributed by atoms with Gasteiger partial charge in [-0.1, -0.05) is 18.0 Å². The lowest BCUT2D eigenvalue weighted by molar-refractivity contribution is -0.0473. The van der Waals surface area contributed by atoms with Gasteiger partial charge in [0.15, 0.2) is 0 Å². The van der Waals surface area contributed by atoms with Crippen LogP contribution < -0.4 is 0 Å². The molecule has 2 rings (SSSR count). The molecule has 0 N–H and O–H groups in total. The van der Waals surface area contributed by atoms with E-state index in [1.54, 1.807) is 0 Å². The van der Waals surface area contributed by atoms with Crippen molar-refractivity contribution in [2.45, 2.75) is 51.6 Å². The molecule has 2 heteroatoms. The van der Waals surface area contributed by atoms with E-state index in [0.29, 0.717) is 0 Å². The van der Waals surface area contributed by atoms with Gasteiger partial charge in [-0.25, -0.2) is 0 Å². The van der Waals surface area contributed by atoms with Gasteiger partial charge in [-0.15, -0.1) is 0 Å². The molecule has 1 saturated carbocycles. The Hall–Kier alpha value is -0.530. The number of oxime groups is 1. The van der Waals surface area contributed by atoms with Gasteiger partial charge in [-0.2, -0.15) is 0 Å². The third-order valence-corrected chi connectivity index (χ3v) is 3.24. The second-order valence-corrected chi connectivity index (χ2v) is 4.39. The zero-order valence-electron chi connectivity index (χ0n) is 7.97. The predicted molar refractivity (Wildman–Crippen MR) is 49.2 cm³/mol. The summed E-state index contributed by atoms with van der Waals surface area (Å²) >= 11 is 0. The van der Waals surface area contributed by atoms with Crippen LogP contribution in [0.4, 0.5) is 0 Å². The van der Waals surface area contributed by atoms with Crippen molar-refractivity contribution in [2.24, 2.45) is 11.1 Å². The minimum atomic E-state index is 0.0422. The van der Waals surface area contributed by atoms with Gasteiger partial charge < -0.3 is 4.84 Å². The van der Waals surface area contributed by atoms with Gasteiger partial charge in [-0.05, 0) is 26.7 Å². The molecule has 68 valence electrons. The van der Waals surface area contributed by atoms with Crippen molar-refractivity contribution < 1.29 is 4.84 Å². The average Bonchev–Trinajstić information content (AvgIpc) is 2.59. The molecular weight excluding hydrogens is 150 g/mol. The molecule has 0 aromatic heterocycles. The largest absolute Gasteiger partial charge is 0.389 e. The van der Waals surface area contributed by atoms with Crippen molar-refractivity contribution in [3.63, 3.8) is 0 Å². The summed E-state index contributed by atoms with van der Waals surface area (Å²) in [5.74, 6) is 0.749. The van der Waals surface area contributed by atoms with E-state index in [2.05, 4.69) is 19.0 Å². The van der Waals surface area contributed by atoms with Crippen molar-refractivity contribution in [1.82, 2.24) is 0 Å². The molecule has 0 saturated heterocycles. The fourth-order valence-corrected chi connectivity index (χ4v) is 2.51. The quantitative estimate of drug-likeness (QED) is 0.588. The van der Waals surface area contributed by atoms with Crippen molar-refractivity contribution >= 4 is 5.71 Å². The minimum absolute atomic E-state index is 0.0422. The molecule has 0 aromatic carbocycles. The molecule has 0 radical (unpaired) electrons. The molecule has 0 bridgehead atoms. The van der Waals surface area contributed by atoms with Gasteiger partial charge in [-0.3, -0.25) is 0 Å². The molecule has 0 amide bonds. The fourth-order valence-electron chi connectivity index (χ4n) is 2.51. The summed E-state index contributed by atoms with van der Waals surface area (Å²) in [6, 6.07) is 0. The minimum Gasteiger partial charge on any atom is -0.389 e. The Morgan fingerprint density at radius 2 is 2.08 bits per heavy atom. The van der Waals surface area contributed by atoms with Crippen LogP contribution in [-0.2, 0) is 4.84 Å². The molecule has 2 nitrogen and oxygen atoms in total. The number of nitrogens with zero attached hydrogens (tertiary/aromatic N) is 1. The lowest BCUT2D eigenvalue weighted by Gasteiger charge is -2.28. The molecule has 1 unspecified atom stereocenters. The highest BCUT2D eigenvalue weighted by molar-refractivity contribution is 5.83. The summed E-state index contributed by atoms with van der Waals surface area (Å²) in [5.41, 5.74) is 1.20. The van der Waals surface area contributed by atoms with Gasteiger partial charge in [0, 0.05) is 12.3 Å². The zero-order valence-corrected chi connectivity index (χ0v) is 7.97. The fraction of sp³-hybridized carbons (Fsp3) is 0.900. The van der Waals surface area contributed by atoms with Crippen LogP contribution >= 0.6 is 0 Å². The van der Waals surface area contributed by atoms with E-state index >= 15 is 0 Å². The van der Waals surface area contributed by atoms with Gasteiger partial charge in [0.2, 0.25) is 0 Å². The zero-order chi connectivity index (χ0) is 8.60. The van der Waals surface area contributed by atoms with E-state index in [1.165, 1.54) is 25.7 Å². The Morgan fingerprint density at radius 1 is 1.42 bits per heavy atom. The maximum Gasteiger partial charge on any atom is 0.143 e. The number of hydrogen-bond acceptors (Lipinski definition) is 2. The van der Waals surface area contributed by atoms with Crippen molar-refractivity contribution in [3.8, 4) is 0 Å². The first-order chi connectivity index (χ1) is 5.71. The summed E-state index contributed by atoms with van der Waals surface area (Å²) in [6.07, 6.45) is 6.46. The molecule has 1 aliphatic heterocycles. The molecule has 1 fully saturated rings. The molecule has 0 aromatic rings. The summed E-state index contributed by atoms with van der Waals surface area (Å²) in [6.45, 7) is 4.27. The first kappa shape index (κ1) is 8.09. The summed E-state index contributed by atoms with van der Waals surface area (Å²) in [5, 5.41) is 4.05. The molecule has 0 spiro atoms. The third kappa shape index (κ3) is 1.23. The standard InChI is InChI=1S/C10H17NO/c1-8-7-10(2,12-11-8)9-5-3-4-6-9/h9H,3-7H2,1-2H3. The van der Waals surface area contributed by atoms with Crippen LogP contribution in [0.5, 0.6) is 0 Å². The maximum atomic E-state index is 5.52. The number of hydrogen-bond donors (Lipinski definition) is 0. The van der Waals surface area contributed by atoms with Crippen LogP contribution in [0, 0.1) is 5.92 Å². The molecule has 2 aliphatic rings. The summed E-state index contributed by atoms with van der Waals surface area (Å²) < 4.78 is 0. The SMILES string of the molecule is CC1=NOC(C)(C2CCCC2)C1. The van der Waals surface area contributed by atoms with E-state index in [0.717, 1.165) is 18.1 Å². The van der Waals surface area contributed by atoms with Crippen LogP contribution in [-0.4, -0.2) is 11.3 Å². The topological polar surface area (TPSA) is 21.6 Å². The smallest absolute Gasteiger partial charge is 0.143 e. The Bertz CT molecular complexity index is 206. The maximum absolute atomic E-state index is 5.52. The van der Waals surface area contributed by atoms with Crippen LogP contribution in [0.15, 0.2) is 5.16 Å². The normalized spacial score (nSPS) is 36.7. The highest BCUT2D eigenvalue weighted by atomic mass is 16.7. The van der Waals surface area contributed by atoms with Crippen molar-refractivity contribution in [2.75, 3.05) is 0 Å². The summed E-state index contributed by atoms with van der Waals surface area (Å²) in [4.78, 5) is 5.52. The first-order valence-electron chi connectivity index (χ1n) is 4.92. The van der Waals surface area contributed by atoms with Gasteiger partial charge in [0.1, 0.15) is 5.60 Å². The molecule has 1 atom stereocenters. The van der Waals surface area contributed by atoms with Gasteiger partial charge in [0.25, 0.3) is 0 Å². The van der Waals surface area contributed by atoms with Crippen LogP contribution in [0.1, 0.15) is 46.0 Å². The predicted octanol–water partition coefficient (Wildman–Crippen LogP) is 2.73. The molecule has 1 aliphatic carbocycles. The van der Waals surface area contributed by atoms with E-state index in [9.17, 15) is 0 Å². The van der Waals surface area contributed by atoms with E-state index in [-0.39, 0.29) is 5.60 Å². The van der Waals surface area contributed by atoms with E-state index in [1.807, 2.05) is 0 Å². The van der Waals surface area contributed by atoms with E-state index in [4.69, 9.17) is 4.84 Å². The summed E-state index contributed by atoms with van der Waals surface area (Å²) in [7, 11) is 0. The molecular formula is C10H17NO. The van der Waals surface area contributed by atoms with Crippen LogP contribution in [0.3, 0.4) is 0 Å². The third-order valence-electron chi connectivity index (χ3n) is 3.24. The van der Waals surface area contributed by atoms with Crippen molar-refractivity contribution in [3.05, 3.63) is 0 Å². The lowest BCUT2D eigenvalue weighted by atomic mass is 9.84. The Labute approximate surface area is 74.0 Å². The van der Waals surface area contributed by atoms with Crippen LogP contribution in [0.2, 0.25) is 0 Å². The second-order valence-electron chi connectivity index (χ2n) is 4.39. The number of rotatable bonds is 1. The highest BCUT2D eigenvalue weighted by Crippen LogP contribution is 2.40. The Balaban J connectivity index is 2.03. The average molecular weight is 167 g/mol. The van der Waals surface area contributed by atoms with Gasteiger partial charge in [0.05, 0.1) is 5.71 Å². The van der Waals surface area contributed by atoms with Gasteiger partial charge >= 0.3 is 0 Å². The second kappa shape index (κ2) is 2.75. The Kier molecular flexibility index (Phi) is 1.85. The lowest BCUT2D eigenvalue weighted by Crippen LogP contribution is -2.32. The van der Waals surface area contributed by atoms with Crippen molar-refractivity contribution in [1.29, 1.82) is 0 Å². The van der Waals surface area contributed by atoms with Crippen LogP contribution in [0.25, 0.3) is 0 Å². The monoisotopic (exact) mass is 167 g/mol. The molecule has 1 heterocycles. The molecule has 12 heavy (non-hydrogen) atoms. The first-order valence-corrected chi connectivity index (χ1v) is 4.92.